The van der Waals surface area contributed by atoms with Crippen molar-refractivity contribution in [2.45, 2.75) is 26.7 Å². The van der Waals surface area contributed by atoms with Crippen LogP contribution in [0, 0.1) is 6.92 Å². The number of piperazine rings is 1. The fraction of sp³-hybridized carbons (Fsp3) is 0.370. The van der Waals surface area contributed by atoms with Crippen LogP contribution in [-0.4, -0.2) is 66.2 Å². The molecule has 35 heavy (non-hydrogen) atoms. The van der Waals surface area contributed by atoms with Gasteiger partial charge >= 0.3 is 0 Å². The van der Waals surface area contributed by atoms with Crippen molar-refractivity contribution < 1.29 is 19.4 Å². The van der Waals surface area contributed by atoms with Gasteiger partial charge in [-0.2, -0.15) is 0 Å². The number of fused-ring (bicyclic) bond motifs is 2. The molecule has 2 aromatic carbocycles. The van der Waals surface area contributed by atoms with Crippen LogP contribution in [0.3, 0.4) is 0 Å². The number of amides is 1. The minimum Gasteiger partial charge on any atom is -0.482 e. The molecule has 8 nitrogen and oxygen atoms in total. The van der Waals surface area contributed by atoms with Gasteiger partial charge in [0.15, 0.2) is 6.61 Å². The van der Waals surface area contributed by atoms with E-state index in [4.69, 9.17) is 14.6 Å². The minimum absolute atomic E-state index is 0.0837. The Morgan fingerprint density at radius 1 is 1.11 bits per heavy atom. The molecular formula is C27H32N4O4. The standard InChI is InChI=1S/C25H28N4O2.C2H4O2/c1-18-7-9-20-21(26-18)5-2-6-23(20)29-14-12-28(13-15-29)11-3-4-19-8-10-24-22(16-19)27-25(30)17-31-24;1-2(3)4/h2,5-10,16H,3-4,11-15,17H2,1H3,(H,27,30);1H3,(H,3,4). The molecule has 0 unspecified atom stereocenters. The first-order chi connectivity index (χ1) is 16.9. The zero-order valence-corrected chi connectivity index (χ0v) is 20.3. The summed E-state index contributed by atoms with van der Waals surface area (Å²) in [6.45, 7) is 8.54. The first-order valence-corrected chi connectivity index (χ1v) is 12.0. The predicted molar refractivity (Wildman–Crippen MR) is 137 cm³/mol. The van der Waals surface area contributed by atoms with E-state index in [-0.39, 0.29) is 12.5 Å². The number of carbonyl (C=O) groups excluding carboxylic acids is 1. The third kappa shape index (κ3) is 6.48. The van der Waals surface area contributed by atoms with Gasteiger partial charge in [-0.25, -0.2) is 0 Å². The maximum absolute atomic E-state index is 11.5. The third-order valence-corrected chi connectivity index (χ3v) is 6.18. The van der Waals surface area contributed by atoms with Crippen LogP contribution in [-0.2, 0) is 16.0 Å². The highest BCUT2D eigenvalue weighted by atomic mass is 16.5. The van der Waals surface area contributed by atoms with Crippen LogP contribution < -0.4 is 15.0 Å². The second-order valence-corrected chi connectivity index (χ2v) is 8.92. The SMILES string of the molecule is CC(=O)O.Cc1ccc2c(N3CCN(CCCc4ccc5c(c4)NC(=O)CO5)CC3)cccc2n1. The summed E-state index contributed by atoms with van der Waals surface area (Å²) < 4.78 is 5.44. The van der Waals surface area contributed by atoms with Crippen molar-refractivity contribution in [2.75, 3.05) is 49.5 Å². The van der Waals surface area contributed by atoms with E-state index >= 15 is 0 Å². The van der Waals surface area contributed by atoms with Crippen LogP contribution in [0.2, 0.25) is 0 Å². The van der Waals surface area contributed by atoms with E-state index in [1.807, 2.05) is 19.1 Å². The molecule has 5 rings (SSSR count). The monoisotopic (exact) mass is 476 g/mol. The van der Waals surface area contributed by atoms with Crippen molar-refractivity contribution in [2.24, 2.45) is 0 Å². The molecule has 1 amide bonds. The fourth-order valence-electron chi connectivity index (χ4n) is 4.52. The predicted octanol–water partition coefficient (Wildman–Crippen LogP) is 3.72. The number of pyridine rings is 1. The Morgan fingerprint density at radius 2 is 1.89 bits per heavy atom. The van der Waals surface area contributed by atoms with Crippen LogP contribution in [0.25, 0.3) is 10.9 Å². The van der Waals surface area contributed by atoms with Crippen molar-refractivity contribution in [1.29, 1.82) is 0 Å². The molecule has 2 N–H and O–H groups in total. The summed E-state index contributed by atoms with van der Waals surface area (Å²) in [4.78, 5) is 30.2. The van der Waals surface area contributed by atoms with E-state index in [2.05, 4.69) is 56.5 Å². The molecule has 3 aromatic rings. The summed E-state index contributed by atoms with van der Waals surface area (Å²) in [5.41, 5.74) is 5.46. The average molecular weight is 477 g/mol. The summed E-state index contributed by atoms with van der Waals surface area (Å²) in [5.74, 6) is -0.155. The number of aromatic nitrogens is 1. The molecule has 0 aliphatic carbocycles. The maximum atomic E-state index is 11.5. The normalized spacial score (nSPS) is 15.5. The molecular weight excluding hydrogens is 444 g/mol. The Morgan fingerprint density at radius 3 is 2.66 bits per heavy atom. The number of carboxylic acid groups (broad SMARTS) is 1. The molecule has 184 valence electrons. The molecule has 1 fully saturated rings. The summed E-state index contributed by atoms with van der Waals surface area (Å²) in [5, 5.41) is 11.5. The van der Waals surface area contributed by atoms with Crippen LogP contribution >= 0.6 is 0 Å². The number of benzene rings is 2. The van der Waals surface area contributed by atoms with Crippen LogP contribution in [0.15, 0.2) is 48.5 Å². The second-order valence-electron chi connectivity index (χ2n) is 8.92. The van der Waals surface area contributed by atoms with E-state index in [0.29, 0.717) is 0 Å². The highest BCUT2D eigenvalue weighted by Crippen LogP contribution is 2.29. The van der Waals surface area contributed by atoms with Gasteiger partial charge in [-0.1, -0.05) is 12.1 Å². The molecule has 0 saturated carbocycles. The summed E-state index contributed by atoms with van der Waals surface area (Å²) in [6.07, 6.45) is 2.10. The fourth-order valence-corrected chi connectivity index (χ4v) is 4.52. The zero-order valence-electron chi connectivity index (χ0n) is 20.3. The number of hydrogen-bond donors (Lipinski definition) is 2. The number of nitrogens with zero attached hydrogens (tertiary/aromatic N) is 3. The van der Waals surface area contributed by atoms with Gasteiger partial charge in [-0.3, -0.25) is 19.5 Å². The number of hydrogen-bond acceptors (Lipinski definition) is 6. The smallest absolute Gasteiger partial charge is 0.300 e. The van der Waals surface area contributed by atoms with E-state index in [9.17, 15) is 4.79 Å². The van der Waals surface area contributed by atoms with E-state index < -0.39 is 5.97 Å². The van der Waals surface area contributed by atoms with Crippen LogP contribution in [0.5, 0.6) is 5.75 Å². The number of aliphatic carboxylic acids is 1. The summed E-state index contributed by atoms with van der Waals surface area (Å²) in [7, 11) is 0. The van der Waals surface area contributed by atoms with Crippen molar-refractivity contribution >= 4 is 34.2 Å². The molecule has 2 aliphatic heterocycles. The Balaban J connectivity index is 0.000000672. The van der Waals surface area contributed by atoms with Crippen molar-refractivity contribution in [3.63, 3.8) is 0 Å². The Bertz CT molecular complexity index is 1200. The van der Waals surface area contributed by atoms with Gasteiger partial charge in [0.1, 0.15) is 5.75 Å². The second kappa shape index (κ2) is 11.2. The molecule has 1 aromatic heterocycles. The van der Waals surface area contributed by atoms with Crippen molar-refractivity contribution in [3.8, 4) is 5.75 Å². The Labute approximate surface area is 205 Å². The lowest BCUT2D eigenvalue weighted by Gasteiger charge is -2.36. The number of ether oxygens (including phenoxy) is 1. The van der Waals surface area contributed by atoms with Crippen LogP contribution in [0.4, 0.5) is 11.4 Å². The number of carbonyl (C=O) groups is 2. The van der Waals surface area contributed by atoms with E-state index in [1.54, 1.807) is 0 Å². The van der Waals surface area contributed by atoms with Gasteiger partial charge in [-0.05, 0) is 68.3 Å². The van der Waals surface area contributed by atoms with Gasteiger partial charge in [-0.15, -0.1) is 0 Å². The number of anilines is 2. The van der Waals surface area contributed by atoms with E-state index in [0.717, 1.165) is 75.1 Å². The Hall–Kier alpha value is -3.65. The van der Waals surface area contributed by atoms with Gasteiger partial charge in [0.2, 0.25) is 0 Å². The van der Waals surface area contributed by atoms with E-state index in [1.165, 1.54) is 16.6 Å². The summed E-state index contributed by atoms with van der Waals surface area (Å²) >= 11 is 0. The van der Waals surface area contributed by atoms with Gasteiger partial charge < -0.3 is 20.1 Å². The quantitative estimate of drug-likeness (QED) is 0.580. The lowest BCUT2D eigenvalue weighted by atomic mass is 10.1. The molecule has 0 radical (unpaired) electrons. The number of aryl methyl sites for hydroxylation is 2. The minimum atomic E-state index is -0.833. The molecule has 3 heterocycles. The molecule has 0 spiro atoms. The molecule has 0 bridgehead atoms. The number of rotatable bonds is 5. The van der Waals surface area contributed by atoms with Gasteiger partial charge in [0.05, 0.1) is 11.2 Å². The Kier molecular flexibility index (Phi) is 7.82. The third-order valence-electron chi connectivity index (χ3n) is 6.18. The van der Waals surface area contributed by atoms with Gasteiger partial charge in [0, 0.05) is 49.9 Å². The summed E-state index contributed by atoms with van der Waals surface area (Å²) in [6, 6.07) is 16.8. The maximum Gasteiger partial charge on any atom is 0.300 e. The first kappa shape index (κ1) is 24.5. The average Bonchev–Trinajstić information content (AvgIpc) is 2.83. The van der Waals surface area contributed by atoms with Crippen LogP contribution in [0.1, 0.15) is 24.6 Å². The lowest BCUT2D eigenvalue weighted by Crippen LogP contribution is -2.46. The van der Waals surface area contributed by atoms with Crippen molar-refractivity contribution in [1.82, 2.24) is 9.88 Å². The number of nitrogens with one attached hydrogen (secondary N) is 1. The number of carboxylic acids is 1. The zero-order chi connectivity index (χ0) is 24.8. The van der Waals surface area contributed by atoms with Crippen molar-refractivity contribution in [3.05, 3.63) is 59.8 Å². The lowest BCUT2D eigenvalue weighted by molar-refractivity contribution is -0.134. The molecule has 0 atom stereocenters. The molecule has 8 heteroatoms. The van der Waals surface area contributed by atoms with Gasteiger partial charge in [0.25, 0.3) is 11.9 Å². The molecule has 1 saturated heterocycles. The topological polar surface area (TPSA) is 95.0 Å². The highest BCUT2D eigenvalue weighted by Gasteiger charge is 2.19. The highest BCUT2D eigenvalue weighted by molar-refractivity contribution is 5.95. The largest absolute Gasteiger partial charge is 0.482 e. The molecule has 2 aliphatic rings. The first-order valence-electron chi connectivity index (χ1n) is 12.0.